The Balaban J connectivity index is 2.29. The van der Waals surface area contributed by atoms with Crippen LogP contribution in [0.4, 0.5) is 0 Å². The zero-order valence-electron chi connectivity index (χ0n) is 7.12. The van der Waals surface area contributed by atoms with Gasteiger partial charge in [-0.1, -0.05) is 5.57 Å². The van der Waals surface area contributed by atoms with Crippen LogP contribution < -0.4 is 0 Å². The molecule has 1 saturated heterocycles. The van der Waals surface area contributed by atoms with E-state index in [9.17, 15) is 0 Å². The van der Waals surface area contributed by atoms with Gasteiger partial charge in [0.25, 0.3) is 0 Å². The van der Waals surface area contributed by atoms with Crippen molar-refractivity contribution in [2.24, 2.45) is 5.92 Å². The van der Waals surface area contributed by atoms with E-state index in [4.69, 9.17) is 12.9 Å². The van der Waals surface area contributed by atoms with E-state index in [0.717, 1.165) is 13.1 Å². The molecule has 0 saturated carbocycles. The van der Waals surface area contributed by atoms with Crippen molar-refractivity contribution in [3.05, 3.63) is 11.5 Å². The van der Waals surface area contributed by atoms with E-state index >= 15 is 0 Å². The normalized spacial score (nSPS) is 21.5. The van der Waals surface area contributed by atoms with E-state index in [0.29, 0.717) is 5.92 Å². The van der Waals surface area contributed by atoms with E-state index in [2.05, 4.69) is 0 Å². The number of rotatable bonds is 2. The molecule has 1 aliphatic rings. The molecule has 1 N–H and O–H groups in total. The first-order valence-corrected chi connectivity index (χ1v) is 3.95. The van der Waals surface area contributed by atoms with Gasteiger partial charge in [0.05, 0.1) is 0 Å². The van der Waals surface area contributed by atoms with Gasteiger partial charge in [-0.25, -0.2) is 0 Å². The fourth-order valence-electron chi connectivity index (χ4n) is 1.24. The molecule has 0 amide bonds. The lowest BCUT2D eigenvalue weighted by Crippen LogP contribution is -2.53. The molecule has 2 radical (unpaired) electrons. The molecule has 0 aromatic carbocycles. The minimum absolute atomic E-state index is 0.308. The molecule has 1 heterocycles. The molecular weight excluding hydrogens is 136 g/mol. The van der Waals surface area contributed by atoms with Crippen molar-refractivity contribution < 1.29 is 5.02 Å². The fourth-order valence-corrected chi connectivity index (χ4v) is 1.24. The molecule has 0 aromatic heterocycles. The second-order valence-electron chi connectivity index (χ2n) is 3.19. The SMILES string of the molecule is [B]/C=C(/C)C1CN(B(C)O)C1. The first-order valence-electron chi connectivity index (χ1n) is 3.95. The predicted molar refractivity (Wildman–Crippen MR) is 48.4 cm³/mol. The van der Waals surface area contributed by atoms with Gasteiger partial charge < -0.3 is 9.83 Å². The van der Waals surface area contributed by atoms with E-state index in [1.807, 2.05) is 11.7 Å². The summed E-state index contributed by atoms with van der Waals surface area (Å²) in [5.74, 6) is 2.22. The van der Waals surface area contributed by atoms with Gasteiger partial charge >= 0.3 is 7.05 Å². The van der Waals surface area contributed by atoms with Crippen molar-refractivity contribution >= 4 is 14.9 Å². The Morgan fingerprint density at radius 2 is 2.27 bits per heavy atom. The molecule has 1 aliphatic heterocycles. The Bertz CT molecular complexity index is 164. The van der Waals surface area contributed by atoms with Crippen molar-refractivity contribution in [1.29, 1.82) is 0 Å². The molecule has 0 aliphatic carbocycles. The maximum atomic E-state index is 9.12. The molecule has 0 bridgehead atoms. The van der Waals surface area contributed by atoms with Crippen LogP contribution in [0.5, 0.6) is 0 Å². The van der Waals surface area contributed by atoms with Crippen molar-refractivity contribution in [1.82, 2.24) is 4.81 Å². The topological polar surface area (TPSA) is 23.5 Å². The first-order chi connectivity index (χ1) is 5.15. The van der Waals surface area contributed by atoms with Crippen LogP contribution in [0.25, 0.3) is 0 Å². The lowest BCUT2D eigenvalue weighted by Gasteiger charge is -2.40. The second kappa shape index (κ2) is 3.46. The highest BCUT2D eigenvalue weighted by molar-refractivity contribution is 6.45. The molecule has 1 rings (SSSR count). The fraction of sp³-hybridized carbons (Fsp3) is 0.714. The monoisotopic (exact) mass is 149 g/mol. The highest BCUT2D eigenvalue weighted by Crippen LogP contribution is 2.22. The number of hydrogen-bond donors (Lipinski definition) is 1. The van der Waals surface area contributed by atoms with Crippen molar-refractivity contribution in [3.63, 3.8) is 0 Å². The summed E-state index contributed by atoms with van der Waals surface area (Å²) in [6.45, 7) is 5.70. The molecule has 1 fully saturated rings. The van der Waals surface area contributed by atoms with E-state index in [1.165, 1.54) is 5.57 Å². The summed E-state index contributed by atoms with van der Waals surface area (Å²) < 4.78 is 0. The molecular formula is C7H13B2NO. The maximum Gasteiger partial charge on any atom is 0.376 e. The van der Waals surface area contributed by atoms with Crippen LogP contribution in [-0.2, 0) is 0 Å². The summed E-state index contributed by atoms with van der Waals surface area (Å²) >= 11 is 0. The molecule has 0 aromatic rings. The third kappa shape index (κ3) is 1.88. The Morgan fingerprint density at radius 3 is 2.64 bits per heavy atom. The van der Waals surface area contributed by atoms with Crippen LogP contribution in [0, 0.1) is 5.92 Å². The number of nitrogens with zero attached hydrogens (tertiary/aromatic N) is 1. The Kier molecular flexibility index (Phi) is 2.79. The largest absolute Gasteiger partial charge is 0.437 e. The smallest absolute Gasteiger partial charge is 0.376 e. The van der Waals surface area contributed by atoms with Gasteiger partial charge in [-0.3, -0.25) is 0 Å². The minimum Gasteiger partial charge on any atom is -0.437 e. The highest BCUT2D eigenvalue weighted by Gasteiger charge is 2.31. The molecule has 4 heteroatoms. The Hall–Kier alpha value is -0.210. The summed E-state index contributed by atoms with van der Waals surface area (Å²) in [5.41, 5.74) is 1.22. The second-order valence-corrected chi connectivity index (χ2v) is 3.19. The van der Waals surface area contributed by atoms with Gasteiger partial charge in [0, 0.05) is 5.92 Å². The van der Waals surface area contributed by atoms with E-state index in [1.54, 1.807) is 12.8 Å². The molecule has 2 nitrogen and oxygen atoms in total. The summed E-state index contributed by atoms with van der Waals surface area (Å²) in [4.78, 5) is 2.01. The van der Waals surface area contributed by atoms with Gasteiger partial charge in [-0.05, 0) is 26.8 Å². The van der Waals surface area contributed by atoms with E-state index in [-0.39, 0.29) is 7.05 Å². The van der Waals surface area contributed by atoms with Crippen molar-refractivity contribution in [2.45, 2.75) is 13.7 Å². The third-order valence-corrected chi connectivity index (χ3v) is 2.35. The van der Waals surface area contributed by atoms with E-state index < -0.39 is 0 Å². The van der Waals surface area contributed by atoms with Crippen LogP contribution in [0.3, 0.4) is 0 Å². The number of hydrogen-bond acceptors (Lipinski definition) is 2. The first kappa shape index (κ1) is 8.88. The minimum atomic E-state index is -0.308. The zero-order chi connectivity index (χ0) is 8.43. The zero-order valence-corrected chi connectivity index (χ0v) is 7.12. The van der Waals surface area contributed by atoms with Gasteiger partial charge in [-0.2, -0.15) is 0 Å². The van der Waals surface area contributed by atoms with Crippen molar-refractivity contribution in [2.75, 3.05) is 13.1 Å². The predicted octanol–water partition coefficient (Wildman–Crippen LogP) is 0.101. The van der Waals surface area contributed by atoms with Crippen molar-refractivity contribution in [3.8, 4) is 0 Å². The summed E-state index contributed by atoms with van der Waals surface area (Å²) in [6.07, 6.45) is 0. The average molecular weight is 149 g/mol. The maximum absolute atomic E-state index is 9.12. The van der Waals surface area contributed by atoms with Gasteiger partial charge in [0.1, 0.15) is 7.85 Å². The van der Waals surface area contributed by atoms with Gasteiger partial charge in [0.2, 0.25) is 0 Å². The molecule has 58 valence electrons. The Morgan fingerprint density at radius 1 is 1.73 bits per heavy atom. The molecule has 0 unspecified atom stereocenters. The van der Waals surface area contributed by atoms with Crippen LogP contribution in [0.15, 0.2) is 11.5 Å². The summed E-state index contributed by atoms with van der Waals surface area (Å²) in [6, 6.07) is 0. The van der Waals surface area contributed by atoms with Gasteiger partial charge in [-0.15, -0.1) is 5.98 Å². The van der Waals surface area contributed by atoms with Crippen LogP contribution in [-0.4, -0.2) is 37.8 Å². The Labute approximate surface area is 69.8 Å². The summed E-state index contributed by atoms with van der Waals surface area (Å²) in [5, 5.41) is 9.12. The molecule has 0 spiro atoms. The third-order valence-electron chi connectivity index (χ3n) is 2.35. The summed E-state index contributed by atoms with van der Waals surface area (Å²) in [7, 11) is 5.05. The average Bonchev–Trinajstić information content (AvgIpc) is 1.83. The molecule has 11 heavy (non-hydrogen) atoms. The quantitative estimate of drug-likeness (QED) is 0.562. The molecule has 0 atom stereocenters. The lowest BCUT2D eigenvalue weighted by molar-refractivity contribution is 0.204. The standard InChI is InChI=1S/C7H13B2NO/c1-6(3-8)7-4-10(5-7)9(2)11/h3,7,11H,4-5H2,1-2H3/b6-3-. The highest BCUT2D eigenvalue weighted by atomic mass is 16.2. The van der Waals surface area contributed by atoms with Crippen LogP contribution in [0.1, 0.15) is 6.92 Å². The van der Waals surface area contributed by atoms with Crippen LogP contribution >= 0.6 is 0 Å². The van der Waals surface area contributed by atoms with Crippen LogP contribution in [0.2, 0.25) is 6.82 Å². The lowest BCUT2D eigenvalue weighted by atomic mass is 9.76. The van der Waals surface area contributed by atoms with Gasteiger partial charge in [0.15, 0.2) is 0 Å².